The van der Waals surface area contributed by atoms with E-state index in [-0.39, 0.29) is 5.56 Å². The molecule has 0 aliphatic heterocycles. The lowest BCUT2D eigenvalue weighted by molar-refractivity contribution is 0.969. The number of anilines is 1. The zero-order chi connectivity index (χ0) is 10.7. The highest BCUT2D eigenvalue weighted by Crippen LogP contribution is 2.16. The van der Waals surface area contributed by atoms with Gasteiger partial charge in [0.05, 0.1) is 18.4 Å². The van der Waals surface area contributed by atoms with Crippen LogP contribution in [0.2, 0.25) is 0 Å². The predicted octanol–water partition coefficient (Wildman–Crippen LogP) is 1.60. The second-order valence-corrected chi connectivity index (χ2v) is 4.48. The van der Waals surface area contributed by atoms with Gasteiger partial charge in [0.15, 0.2) is 0 Å². The Morgan fingerprint density at radius 2 is 2.47 bits per heavy atom. The van der Waals surface area contributed by atoms with Gasteiger partial charge in [-0.3, -0.25) is 4.79 Å². The highest BCUT2D eigenvalue weighted by Gasteiger charge is 2.04. The van der Waals surface area contributed by atoms with E-state index in [9.17, 15) is 4.79 Å². The van der Waals surface area contributed by atoms with E-state index in [1.807, 2.05) is 5.38 Å². The second-order valence-electron chi connectivity index (χ2n) is 2.71. The Balaban J connectivity index is 2.12. The van der Waals surface area contributed by atoms with Crippen molar-refractivity contribution >= 4 is 33.0 Å². The SMILES string of the molecule is O=c1[nH]ncc(NCc2nccs2)c1Br. The van der Waals surface area contributed by atoms with Crippen LogP contribution < -0.4 is 10.9 Å². The number of rotatable bonds is 3. The fourth-order valence-electron chi connectivity index (χ4n) is 1.02. The maximum absolute atomic E-state index is 11.2. The van der Waals surface area contributed by atoms with Crippen molar-refractivity contribution in [1.82, 2.24) is 15.2 Å². The molecule has 15 heavy (non-hydrogen) atoms. The number of halogens is 1. The van der Waals surface area contributed by atoms with E-state index >= 15 is 0 Å². The summed E-state index contributed by atoms with van der Waals surface area (Å²) in [5.41, 5.74) is 0.410. The molecule has 7 heteroatoms. The summed E-state index contributed by atoms with van der Waals surface area (Å²) < 4.78 is 0.453. The van der Waals surface area contributed by atoms with Crippen molar-refractivity contribution in [2.24, 2.45) is 0 Å². The normalized spacial score (nSPS) is 10.2. The third-order valence-corrected chi connectivity index (χ3v) is 3.28. The number of thiazole rings is 1. The molecule has 0 saturated heterocycles. The molecule has 0 radical (unpaired) electrons. The zero-order valence-corrected chi connectivity index (χ0v) is 9.93. The lowest BCUT2D eigenvalue weighted by atomic mass is 10.4. The predicted molar refractivity (Wildman–Crippen MR) is 62.0 cm³/mol. The number of hydrogen-bond acceptors (Lipinski definition) is 5. The first-order chi connectivity index (χ1) is 7.27. The molecule has 0 fully saturated rings. The van der Waals surface area contributed by atoms with Gasteiger partial charge in [-0.05, 0) is 15.9 Å². The Labute approximate surface area is 97.7 Å². The minimum absolute atomic E-state index is 0.251. The van der Waals surface area contributed by atoms with Crippen molar-refractivity contribution in [3.8, 4) is 0 Å². The van der Waals surface area contributed by atoms with Gasteiger partial charge in [0.2, 0.25) is 0 Å². The van der Waals surface area contributed by atoms with Crippen LogP contribution in [0.3, 0.4) is 0 Å². The van der Waals surface area contributed by atoms with Crippen molar-refractivity contribution in [2.45, 2.75) is 6.54 Å². The quantitative estimate of drug-likeness (QED) is 0.899. The number of nitrogens with zero attached hydrogens (tertiary/aromatic N) is 2. The van der Waals surface area contributed by atoms with Gasteiger partial charge >= 0.3 is 0 Å². The average molecular weight is 287 g/mol. The third-order valence-electron chi connectivity index (χ3n) is 1.71. The van der Waals surface area contributed by atoms with E-state index in [0.717, 1.165) is 5.01 Å². The molecule has 2 rings (SSSR count). The molecule has 5 nitrogen and oxygen atoms in total. The number of H-pyrrole nitrogens is 1. The van der Waals surface area contributed by atoms with Crippen LogP contribution in [-0.4, -0.2) is 15.2 Å². The van der Waals surface area contributed by atoms with Crippen molar-refractivity contribution in [1.29, 1.82) is 0 Å². The summed E-state index contributed by atoms with van der Waals surface area (Å²) in [4.78, 5) is 15.3. The monoisotopic (exact) mass is 286 g/mol. The van der Waals surface area contributed by atoms with E-state index in [0.29, 0.717) is 16.7 Å². The number of hydrogen-bond donors (Lipinski definition) is 2. The lowest BCUT2D eigenvalue weighted by Crippen LogP contribution is -2.12. The van der Waals surface area contributed by atoms with E-state index in [4.69, 9.17) is 0 Å². The summed E-state index contributed by atoms with van der Waals surface area (Å²) in [6, 6.07) is 0. The molecule has 0 amide bonds. The Morgan fingerprint density at radius 1 is 1.60 bits per heavy atom. The van der Waals surface area contributed by atoms with Crippen molar-refractivity contribution in [2.75, 3.05) is 5.32 Å². The van der Waals surface area contributed by atoms with Gasteiger partial charge in [-0.2, -0.15) is 5.10 Å². The van der Waals surface area contributed by atoms with E-state index in [1.54, 1.807) is 23.7 Å². The molecule has 0 aromatic carbocycles. The maximum atomic E-state index is 11.2. The molecule has 0 spiro atoms. The molecule has 2 N–H and O–H groups in total. The molecule has 2 heterocycles. The van der Waals surface area contributed by atoms with Crippen LogP contribution in [0.4, 0.5) is 5.69 Å². The van der Waals surface area contributed by atoms with E-state index < -0.39 is 0 Å². The number of aromatic nitrogens is 3. The third kappa shape index (κ3) is 2.42. The second kappa shape index (κ2) is 4.54. The van der Waals surface area contributed by atoms with Crippen LogP contribution in [0.15, 0.2) is 27.0 Å². The van der Waals surface area contributed by atoms with E-state index in [1.165, 1.54) is 0 Å². The van der Waals surface area contributed by atoms with Gasteiger partial charge in [-0.25, -0.2) is 10.1 Å². The first-order valence-corrected chi connectivity index (χ1v) is 5.80. The van der Waals surface area contributed by atoms with Gasteiger partial charge in [0, 0.05) is 11.6 Å². The van der Waals surface area contributed by atoms with Crippen LogP contribution in [0.5, 0.6) is 0 Å². The van der Waals surface area contributed by atoms with Gasteiger partial charge in [-0.1, -0.05) is 0 Å². The maximum Gasteiger partial charge on any atom is 0.280 e. The van der Waals surface area contributed by atoms with Gasteiger partial charge in [0.1, 0.15) is 9.48 Å². The Bertz CT molecular complexity index is 496. The zero-order valence-electron chi connectivity index (χ0n) is 7.53. The largest absolute Gasteiger partial charge is 0.376 e. The summed E-state index contributed by atoms with van der Waals surface area (Å²) in [5.74, 6) is 0. The van der Waals surface area contributed by atoms with Crippen LogP contribution in [-0.2, 0) is 6.54 Å². The van der Waals surface area contributed by atoms with Crippen LogP contribution in [0.1, 0.15) is 5.01 Å². The molecular formula is C8H7BrN4OS. The van der Waals surface area contributed by atoms with Crippen LogP contribution in [0.25, 0.3) is 0 Å². The fourth-order valence-corrected chi connectivity index (χ4v) is 1.91. The minimum atomic E-state index is -0.251. The Hall–Kier alpha value is -1.21. The molecule has 0 unspecified atom stereocenters. The summed E-state index contributed by atoms with van der Waals surface area (Å²) in [6.07, 6.45) is 3.30. The first-order valence-electron chi connectivity index (χ1n) is 4.13. The topological polar surface area (TPSA) is 70.7 Å². The molecule has 78 valence electrons. The lowest BCUT2D eigenvalue weighted by Gasteiger charge is -2.04. The molecule has 0 aliphatic carbocycles. The molecule has 0 saturated carbocycles. The molecular weight excluding hydrogens is 280 g/mol. The van der Waals surface area contributed by atoms with Crippen LogP contribution in [0, 0.1) is 0 Å². The Kier molecular flexibility index (Phi) is 3.12. The Morgan fingerprint density at radius 3 is 3.20 bits per heavy atom. The summed E-state index contributed by atoms with van der Waals surface area (Å²) in [7, 11) is 0. The highest BCUT2D eigenvalue weighted by atomic mass is 79.9. The molecule has 0 atom stereocenters. The fraction of sp³-hybridized carbons (Fsp3) is 0.125. The van der Waals surface area contributed by atoms with Crippen molar-refractivity contribution in [3.05, 3.63) is 37.6 Å². The number of nitrogens with one attached hydrogen (secondary N) is 2. The van der Waals surface area contributed by atoms with E-state index in [2.05, 4.69) is 36.4 Å². The molecule has 0 aliphatic rings. The standard InChI is InChI=1S/C8H7BrN4OS/c9-7-5(3-12-13-8(7)14)11-4-6-10-1-2-15-6/h1-3H,4H2,(H2,11,13,14). The van der Waals surface area contributed by atoms with Gasteiger partial charge in [0.25, 0.3) is 5.56 Å². The van der Waals surface area contributed by atoms with Crippen molar-refractivity contribution < 1.29 is 0 Å². The van der Waals surface area contributed by atoms with Gasteiger partial charge < -0.3 is 5.32 Å². The minimum Gasteiger partial charge on any atom is -0.376 e. The smallest absolute Gasteiger partial charge is 0.280 e. The molecule has 0 bridgehead atoms. The van der Waals surface area contributed by atoms with Crippen molar-refractivity contribution in [3.63, 3.8) is 0 Å². The average Bonchev–Trinajstić information content (AvgIpc) is 2.73. The first kappa shape index (κ1) is 10.3. The summed E-state index contributed by atoms with van der Waals surface area (Å²) in [5, 5.41) is 12.0. The highest BCUT2D eigenvalue weighted by molar-refractivity contribution is 9.10. The van der Waals surface area contributed by atoms with Crippen LogP contribution >= 0.6 is 27.3 Å². The summed E-state index contributed by atoms with van der Waals surface area (Å²) >= 11 is 4.74. The molecule has 2 aromatic heterocycles. The number of aromatic amines is 1. The molecule has 2 aromatic rings. The summed E-state index contributed by atoms with van der Waals surface area (Å²) in [6.45, 7) is 0.585. The van der Waals surface area contributed by atoms with Gasteiger partial charge in [-0.15, -0.1) is 11.3 Å².